The third-order valence-corrected chi connectivity index (χ3v) is 5.43. The predicted molar refractivity (Wildman–Crippen MR) is 74.5 cm³/mol. The van der Waals surface area contributed by atoms with Crippen LogP contribution >= 0.6 is 0 Å². The first-order chi connectivity index (χ1) is 9.42. The number of aryl methyl sites for hydroxylation is 1. The highest BCUT2D eigenvalue weighted by molar-refractivity contribution is 7.89. The van der Waals surface area contributed by atoms with Gasteiger partial charge >= 0.3 is 0 Å². The van der Waals surface area contributed by atoms with Gasteiger partial charge in [-0.05, 0) is 19.3 Å². The van der Waals surface area contributed by atoms with E-state index in [1.165, 1.54) is 4.31 Å². The number of ether oxygens (including phenoxy) is 1. The minimum absolute atomic E-state index is 0.0358. The molecule has 0 saturated carbocycles. The van der Waals surface area contributed by atoms with Crippen LogP contribution in [0, 0.1) is 5.92 Å². The molecule has 0 aliphatic carbocycles. The zero-order valence-corrected chi connectivity index (χ0v) is 13.0. The fourth-order valence-corrected chi connectivity index (χ4v) is 3.60. The van der Waals surface area contributed by atoms with Crippen molar-refractivity contribution in [3.05, 3.63) is 12.2 Å². The molecule has 0 N–H and O–H groups in total. The van der Waals surface area contributed by atoms with Crippen molar-refractivity contribution in [3.8, 4) is 0 Å². The van der Waals surface area contributed by atoms with Crippen LogP contribution in [0.1, 0.15) is 26.1 Å². The minimum atomic E-state index is -3.34. The molecule has 0 spiro atoms. The summed E-state index contributed by atoms with van der Waals surface area (Å²) in [4.78, 5) is 0. The van der Waals surface area contributed by atoms with E-state index in [9.17, 15) is 8.42 Å². The zero-order chi connectivity index (χ0) is 14.8. The van der Waals surface area contributed by atoms with Crippen molar-refractivity contribution >= 4 is 10.0 Å². The first-order valence-corrected chi connectivity index (χ1v) is 8.45. The molecule has 114 valence electrons. The molecule has 1 fully saturated rings. The lowest BCUT2D eigenvalue weighted by Gasteiger charge is -2.19. The second-order valence-corrected chi connectivity index (χ2v) is 7.48. The van der Waals surface area contributed by atoms with Gasteiger partial charge < -0.3 is 9.30 Å². The number of sulfonamides is 1. The van der Waals surface area contributed by atoms with Crippen LogP contribution in [0.25, 0.3) is 0 Å². The van der Waals surface area contributed by atoms with Gasteiger partial charge in [0.05, 0.1) is 18.4 Å². The Morgan fingerprint density at radius 3 is 2.90 bits per heavy atom. The summed E-state index contributed by atoms with van der Waals surface area (Å²) in [6.07, 6.45) is 2.22. The van der Waals surface area contributed by atoms with E-state index in [0.717, 1.165) is 13.0 Å². The van der Waals surface area contributed by atoms with Crippen molar-refractivity contribution < 1.29 is 13.2 Å². The highest BCUT2D eigenvalue weighted by atomic mass is 32.2. The summed E-state index contributed by atoms with van der Waals surface area (Å²) >= 11 is 0. The molecule has 0 bridgehead atoms. The van der Waals surface area contributed by atoms with Crippen molar-refractivity contribution in [1.82, 2.24) is 19.1 Å². The average molecular weight is 302 g/mol. The molecule has 0 amide bonds. The summed E-state index contributed by atoms with van der Waals surface area (Å²) in [6, 6.07) is 0. The summed E-state index contributed by atoms with van der Waals surface area (Å²) in [7, 11) is -1.77. The van der Waals surface area contributed by atoms with Gasteiger partial charge in [-0.15, -0.1) is 10.2 Å². The van der Waals surface area contributed by atoms with Crippen LogP contribution in [0.15, 0.2) is 6.33 Å². The fourth-order valence-electron chi connectivity index (χ4n) is 2.33. The zero-order valence-electron chi connectivity index (χ0n) is 12.2. The van der Waals surface area contributed by atoms with E-state index in [1.807, 2.05) is 11.5 Å². The molecule has 2 unspecified atom stereocenters. The number of hydrogen-bond donors (Lipinski definition) is 0. The highest BCUT2D eigenvalue weighted by Gasteiger charge is 2.30. The molecule has 0 aromatic carbocycles. The second-order valence-electron chi connectivity index (χ2n) is 5.36. The number of rotatable bonds is 6. The molecule has 7 nitrogen and oxygen atoms in total. The van der Waals surface area contributed by atoms with E-state index < -0.39 is 10.0 Å². The smallest absolute Gasteiger partial charge is 0.216 e. The van der Waals surface area contributed by atoms with Gasteiger partial charge in [0.2, 0.25) is 10.0 Å². The standard InChI is InChI=1S/C12H22N4O3S/c1-4-16-9-13-14-12(16)6-15(3)20(17,18)8-11-5-10(2)7-19-11/h9-11H,4-8H2,1-3H3. The third-order valence-electron chi connectivity index (χ3n) is 3.55. The van der Waals surface area contributed by atoms with E-state index in [1.54, 1.807) is 13.4 Å². The number of hydrogen-bond acceptors (Lipinski definition) is 5. The maximum Gasteiger partial charge on any atom is 0.216 e. The number of aromatic nitrogens is 3. The van der Waals surface area contributed by atoms with Gasteiger partial charge in [0.1, 0.15) is 12.2 Å². The Bertz CT molecular complexity index is 543. The quantitative estimate of drug-likeness (QED) is 0.764. The van der Waals surface area contributed by atoms with Gasteiger partial charge in [-0.3, -0.25) is 0 Å². The molecule has 1 saturated heterocycles. The topological polar surface area (TPSA) is 77.3 Å². The first-order valence-electron chi connectivity index (χ1n) is 6.84. The third kappa shape index (κ3) is 3.56. The van der Waals surface area contributed by atoms with Crippen molar-refractivity contribution in [2.75, 3.05) is 19.4 Å². The molecule has 8 heteroatoms. The van der Waals surface area contributed by atoms with Gasteiger partial charge in [0, 0.05) is 20.2 Å². The van der Waals surface area contributed by atoms with Gasteiger partial charge in [-0.2, -0.15) is 4.31 Å². The lowest BCUT2D eigenvalue weighted by molar-refractivity contribution is 0.122. The Morgan fingerprint density at radius 2 is 2.30 bits per heavy atom. The van der Waals surface area contributed by atoms with Crippen molar-refractivity contribution in [2.24, 2.45) is 5.92 Å². The fraction of sp³-hybridized carbons (Fsp3) is 0.833. The SMILES string of the molecule is CCn1cnnc1CN(C)S(=O)(=O)CC1CC(C)CO1. The van der Waals surface area contributed by atoms with E-state index >= 15 is 0 Å². The van der Waals surface area contributed by atoms with Gasteiger partial charge in [-0.1, -0.05) is 6.92 Å². The minimum Gasteiger partial charge on any atom is -0.377 e. The lowest BCUT2D eigenvalue weighted by Crippen LogP contribution is -2.34. The average Bonchev–Trinajstić information content (AvgIpc) is 2.97. The molecular weight excluding hydrogens is 280 g/mol. The van der Waals surface area contributed by atoms with E-state index in [0.29, 0.717) is 18.3 Å². The maximum absolute atomic E-state index is 12.3. The first kappa shape index (κ1) is 15.4. The molecule has 0 radical (unpaired) electrons. The molecule has 2 rings (SSSR count). The van der Waals surface area contributed by atoms with Crippen LogP contribution in [0.2, 0.25) is 0 Å². The highest BCUT2D eigenvalue weighted by Crippen LogP contribution is 2.21. The van der Waals surface area contributed by atoms with Gasteiger partial charge in [-0.25, -0.2) is 8.42 Å². The molecule has 1 aromatic heterocycles. The normalized spacial score (nSPS) is 23.6. The Balaban J connectivity index is 1.98. The van der Waals surface area contributed by atoms with Crippen LogP contribution in [0.5, 0.6) is 0 Å². The van der Waals surface area contributed by atoms with Gasteiger partial charge in [0.25, 0.3) is 0 Å². The van der Waals surface area contributed by atoms with Crippen LogP contribution in [0.4, 0.5) is 0 Å². The summed E-state index contributed by atoms with van der Waals surface area (Å²) < 4.78 is 33.3. The largest absolute Gasteiger partial charge is 0.377 e. The molecule has 2 heterocycles. The Hall–Kier alpha value is -0.990. The van der Waals surface area contributed by atoms with Crippen molar-refractivity contribution in [1.29, 1.82) is 0 Å². The van der Waals surface area contributed by atoms with E-state index in [2.05, 4.69) is 17.1 Å². The molecule has 1 aromatic rings. The van der Waals surface area contributed by atoms with E-state index in [-0.39, 0.29) is 18.4 Å². The molecule has 20 heavy (non-hydrogen) atoms. The summed E-state index contributed by atoms with van der Waals surface area (Å²) in [5.74, 6) is 1.12. The van der Waals surface area contributed by atoms with Crippen LogP contribution < -0.4 is 0 Å². The Morgan fingerprint density at radius 1 is 1.55 bits per heavy atom. The second kappa shape index (κ2) is 6.19. The van der Waals surface area contributed by atoms with Crippen LogP contribution in [0.3, 0.4) is 0 Å². The monoisotopic (exact) mass is 302 g/mol. The van der Waals surface area contributed by atoms with E-state index in [4.69, 9.17) is 4.74 Å². The predicted octanol–water partition coefficient (Wildman–Crippen LogP) is 0.485. The molecular formula is C12H22N4O3S. The Kier molecular flexibility index (Phi) is 4.77. The lowest BCUT2D eigenvalue weighted by atomic mass is 10.1. The van der Waals surface area contributed by atoms with Crippen molar-refractivity contribution in [3.63, 3.8) is 0 Å². The van der Waals surface area contributed by atoms with Crippen molar-refractivity contribution in [2.45, 2.75) is 39.5 Å². The molecule has 2 atom stereocenters. The van der Waals surface area contributed by atoms with Crippen LogP contribution in [-0.4, -0.2) is 53.0 Å². The van der Waals surface area contributed by atoms with Crippen LogP contribution in [-0.2, 0) is 27.8 Å². The maximum atomic E-state index is 12.3. The Labute approximate surface area is 120 Å². The summed E-state index contributed by atoms with van der Waals surface area (Å²) in [6.45, 7) is 5.64. The van der Waals surface area contributed by atoms with Gasteiger partial charge in [0.15, 0.2) is 0 Å². The molecule has 1 aliphatic rings. The summed E-state index contributed by atoms with van der Waals surface area (Å²) in [5, 5.41) is 7.77. The summed E-state index contributed by atoms with van der Waals surface area (Å²) in [5.41, 5.74) is 0. The number of nitrogens with zero attached hydrogens (tertiary/aromatic N) is 4. The molecule has 1 aliphatic heterocycles.